The number of aromatic nitrogens is 2. The Morgan fingerprint density at radius 3 is 2.69 bits per heavy atom. The number of nitrogens with one attached hydrogen (secondary N) is 1. The number of rotatable bonds is 6. The van der Waals surface area contributed by atoms with Crippen molar-refractivity contribution in [3.05, 3.63) is 47.1 Å². The molecule has 1 aromatic heterocycles. The maximum atomic E-state index is 12.8. The molecule has 1 N–H and O–H groups in total. The van der Waals surface area contributed by atoms with E-state index in [1.807, 2.05) is 50.2 Å². The molecule has 2 aromatic rings. The molecule has 1 amide bonds. The van der Waals surface area contributed by atoms with Crippen molar-refractivity contribution in [1.82, 2.24) is 20.4 Å². The molecule has 1 heterocycles. The van der Waals surface area contributed by atoms with Crippen LogP contribution in [0.25, 0.3) is 0 Å². The van der Waals surface area contributed by atoms with Gasteiger partial charge in [0.2, 0.25) is 11.8 Å². The molecular formula is C20H28N4O2. The van der Waals surface area contributed by atoms with Crippen LogP contribution in [0.5, 0.6) is 0 Å². The Morgan fingerprint density at radius 2 is 2.00 bits per heavy atom. The third kappa shape index (κ3) is 4.30. The maximum Gasteiger partial charge on any atom is 0.246 e. The highest BCUT2D eigenvalue weighted by Gasteiger charge is 2.25. The predicted octanol–water partition coefficient (Wildman–Crippen LogP) is 3.34. The van der Waals surface area contributed by atoms with Gasteiger partial charge < -0.3 is 9.84 Å². The van der Waals surface area contributed by atoms with Crippen LogP contribution in [0.1, 0.15) is 66.9 Å². The first kappa shape index (κ1) is 18.6. The summed E-state index contributed by atoms with van der Waals surface area (Å²) in [6, 6.07) is 7.60. The van der Waals surface area contributed by atoms with Crippen LogP contribution in [0.15, 0.2) is 28.8 Å². The van der Waals surface area contributed by atoms with Crippen molar-refractivity contribution in [2.24, 2.45) is 0 Å². The summed E-state index contributed by atoms with van der Waals surface area (Å²) in [6.45, 7) is 2.28. The van der Waals surface area contributed by atoms with Gasteiger partial charge in [-0.3, -0.25) is 9.69 Å². The second-order valence-corrected chi connectivity index (χ2v) is 7.32. The lowest BCUT2D eigenvalue weighted by molar-refractivity contribution is -0.126. The molecule has 1 aromatic carbocycles. The quantitative estimate of drug-likeness (QED) is 0.859. The number of hydrogen-bond acceptors (Lipinski definition) is 5. The van der Waals surface area contributed by atoms with Gasteiger partial charge >= 0.3 is 0 Å². The number of benzene rings is 1. The highest BCUT2D eigenvalue weighted by Crippen LogP contribution is 2.30. The standard InChI is InChI=1S/C20H28N4O2/c1-14-9-7-8-12-16(14)18(24(2)3)20(25)21-13-17-22-19(23-26-17)15-10-5-4-6-11-15/h7-9,12,15,18H,4-6,10-11,13H2,1-3H3,(H,21,25). The monoisotopic (exact) mass is 356 g/mol. The van der Waals surface area contributed by atoms with E-state index < -0.39 is 0 Å². The molecule has 26 heavy (non-hydrogen) atoms. The highest BCUT2D eigenvalue weighted by molar-refractivity contribution is 5.83. The Bertz CT molecular complexity index is 735. The largest absolute Gasteiger partial charge is 0.345 e. The van der Waals surface area contributed by atoms with Gasteiger partial charge in [-0.1, -0.05) is 48.7 Å². The van der Waals surface area contributed by atoms with E-state index in [0.29, 0.717) is 11.8 Å². The van der Waals surface area contributed by atoms with Crippen LogP contribution < -0.4 is 5.32 Å². The summed E-state index contributed by atoms with van der Waals surface area (Å²) in [5.74, 6) is 1.60. The molecule has 0 saturated heterocycles. The van der Waals surface area contributed by atoms with Crippen molar-refractivity contribution in [3.8, 4) is 0 Å². The molecule has 3 rings (SSSR count). The number of nitrogens with zero attached hydrogens (tertiary/aromatic N) is 3. The fourth-order valence-electron chi connectivity index (χ4n) is 3.67. The summed E-state index contributed by atoms with van der Waals surface area (Å²) in [6.07, 6.45) is 6.00. The van der Waals surface area contributed by atoms with Gasteiger partial charge in [0.1, 0.15) is 6.04 Å². The van der Waals surface area contributed by atoms with Gasteiger partial charge in [0.25, 0.3) is 0 Å². The van der Waals surface area contributed by atoms with E-state index in [1.165, 1.54) is 19.3 Å². The summed E-state index contributed by atoms with van der Waals surface area (Å²) in [7, 11) is 3.81. The first-order valence-electron chi connectivity index (χ1n) is 9.38. The van der Waals surface area contributed by atoms with Gasteiger partial charge in [0.05, 0.1) is 6.54 Å². The molecule has 0 radical (unpaired) electrons. The second kappa shape index (κ2) is 8.45. The molecule has 1 aliphatic rings. The maximum absolute atomic E-state index is 12.8. The van der Waals surface area contributed by atoms with Gasteiger partial charge in [0.15, 0.2) is 5.82 Å². The molecule has 6 heteroatoms. The van der Waals surface area contributed by atoms with Crippen molar-refractivity contribution < 1.29 is 9.32 Å². The summed E-state index contributed by atoms with van der Waals surface area (Å²) < 4.78 is 5.35. The highest BCUT2D eigenvalue weighted by atomic mass is 16.5. The van der Waals surface area contributed by atoms with Crippen molar-refractivity contribution >= 4 is 5.91 Å². The predicted molar refractivity (Wildman–Crippen MR) is 99.6 cm³/mol. The number of likely N-dealkylation sites (N-methyl/N-ethyl adjacent to an activating group) is 1. The zero-order chi connectivity index (χ0) is 18.5. The van der Waals surface area contributed by atoms with Crippen LogP contribution in [-0.2, 0) is 11.3 Å². The lowest BCUT2D eigenvalue weighted by atomic mass is 9.89. The van der Waals surface area contributed by atoms with Gasteiger partial charge in [0, 0.05) is 5.92 Å². The van der Waals surface area contributed by atoms with Gasteiger partial charge in [-0.2, -0.15) is 4.98 Å². The first-order chi connectivity index (χ1) is 12.6. The zero-order valence-corrected chi connectivity index (χ0v) is 15.9. The Kier molecular flexibility index (Phi) is 6.04. The SMILES string of the molecule is Cc1ccccc1C(C(=O)NCc1nc(C2CCCCC2)no1)N(C)C. The van der Waals surface area contributed by atoms with Crippen molar-refractivity contribution in [2.45, 2.75) is 57.5 Å². The summed E-state index contributed by atoms with van der Waals surface area (Å²) in [4.78, 5) is 19.2. The molecule has 0 aliphatic heterocycles. The molecule has 0 bridgehead atoms. The minimum absolute atomic E-state index is 0.0679. The van der Waals surface area contributed by atoms with Gasteiger partial charge in [-0.15, -0.1) is 0 Å². The Morgan fingerprint density at radius 1 is 1.27 bits per heavy atom. The molecule has 1 saturated carbocycles. The summed E-state index contributed by atoms with van der Waals surface area (Å²) in [5, 5.41) is 7.07. The van der Waals surface area contributed by atoms with E-state index in [1.54, 1.807) is 0 Å². The van der Waals surface area contributed by atoms with Gasteiger partial charge in [-0.05, 0) is 45.0 Å². The van der Waals surface area contributed by atoms with Crippen molar-refractivity contribution in [3.63, 3.8) is 0 Å². The molecule has 0 spiro atoms. The Hall–Kier alpha value is -2.21. The van der Waals surface area contributed by atoms with E-state index in [-0.39, 0.29) is 18.5 Å². The topological polar surface area (TPSA) is 71.3 Å². The van der Waals surface area contributed by atoms with Crippen molar-refractivity contribution in [1.29, 1.82) is 0 Å². The van der Waals surface area contributed by atoms with Gasteiger partial charge in [-0.25, -0.2) is 0 Å². The van der Waals surface area contributed by atoms with E-state index in [4.69, 9.17) is 4.52 Å². The normalized spacial score (nSPS) is 16.6. The smallest absolute Gasteiger partial charge is 0.246 e. The Labute approximate surface area is 155 Å². The molecular weight excluding hydrogens is 328 g/mol. The fraction of sp³-hybridized carbons (Fsp3) is 0.550. The lowest BCUT2D eigenvalue weighted by Crippen LogP contribution is -2.37. The molecule has 6 nitrogen and oxygen atoms in total. The third-order valence-electron chi connectivity index (χ3n) is 5.12. The van der Waals surface area contributed by atoms with E-state index in [9.17, 15) is 4.79 Å². The zero-order valence-electron chi connectivity index (χ0n) is 15.9. The average molecular weight is 356 g/mol. The number of amides is 1. The fourth-order valence-corrected chi connectivity index (χ4v) is 3.67. The van der Waals surface area contributed by atoms with Crippen LogP contribution in [0.3, 0.4) is 0 Å². The lowest BCUT2D eigenvalue weighted by Gasteiger charge is -2.25. The van der Waals surface area contributed by atoms with Crippen LogP contribution in [-0.4, -0.2) is 35.0 Å². The average Bonchev–Trinajstić information content (AvgIpc) is 3.11. The van der Waals surface area contributed by atoms with Crippen LogP contribution in [0, 0.1) is 6.92 Å². The molecule has 1 aliphatic carbocycles. The minimum atomic E-state index is -0.350. The first-order valence-corrected chi connectivity index (χ1v) is 9.38. The van der Waals surface area contributed by atoms with E-state index in [0.717, 1.165) is 29.8 Å². The van der Waals surface area contributed by atoms with Crippen molar-refractivity contribution in [2.75, 3.05) is 14.1 Å². The third-order valence-corrected chi connectivity index (χ3v) is 5.12. The number of carbonyl (C=O) groups excluding carboxylic acids is 1. The van der Waals surface area contributed by atoms with E-state index in [2.05, 4.69) is 15.5 Å². The number of carbonyl (C=O) groups is 1. The molecule has 140 valence electrons. The number of aryl methyl sites for hydroxylation is 1. The summed E-state index contributed by atoms with van der Waals surface area (Å²) >= 11 is 0. The minimum Gasteiger partial charge on any atom is -0.345 e. The van der Waals surface area contributed by atoms with Crippen LogP contribution >= 0.6 is 0 Å². The second-order valence-electron chi connectivity index (χ2n) is 7.32. The Balaban J connectivity index is 1.63. The van der Waals surface area contributed by atoms with Crippen LogP contribution in [0.2, 0.25) is 0 Å². The number of hydrogen-bond donors (Lipinski definition) is 1. The summed E-state index contributed by atoms with van der Waals surface area (Å²) in [5.41, 5.74) is 2.10. The van der Waals surface area contributed by atoms with Crippen LogP contribution in [0.4, 0.5) is 0 Å². The molecule has 1 unspecified atom stereocenters. The molecule has 1 fully saturated rings. The van der Waals surface area contributed by atoms with E-state index >= 15 is 0 Å². The molecule has 1 atom stereocenters.